The first-order chi connectivity index (χ1) is 9.36. The van der Waals surface area contributed by atoms with Crippen LogP contribution < -0.4 is 5.32 Å². The third-order valence-electron chi connectivity index (χ3n) is 3.62. The molecule has 19 heavy (non-hydrogen) atoms. The van der Waals surface area contributed by atoms with Gasteiger partial charge in [-0.3, -0.25) is 9.88 Å². The zero-order valence-electron chi connectivity index (χ0n) is 11.2. The zero-order valence-corrected chi connectivity index (χ0v) is 11.2. The molecule has 0 aliphatic carbocycles. The molecule has 5 heteroatoms. The monoisotopic (exact) mass is 257 g/mol. The normalized spacial score (nSPS) is 18.4. The molecule has 0 spiro atoms. The molecule has 2 aromatic rings. The van der Waals surface area contributed by atoms with Crippen LogP contribution in [0.2, 0.25) is 0 Å². The molecule has 1 atom stereocenters. The lowest BCUT2D eigenvalue weighted by atomic mass is 10.1. The summed E-state index contributed by atoms with van der Waals surface area (Å²) in [5.74, 6) is 1.08. The van der Waals surface area contributed by atoms with E-state index in [4.69, 9.17) is 0 Å². The average Bonchev–Trinajstić information content (AvgIpc) is 2.88. The van der Waals surface area contributed by atoms with Crippen LogP contribution in [-0.4, -0.2) is 45.6 Å². The third kappa shape index (κ3) is 2.52. The first-order valence-corrected chi connectivity index (χ1v) is 6.68. The molecule has 3 rings (SSSR count). The van der Waals surface area contributed by atoms with Crippen LogP contribution in [-0.2, 0) is 7.05 Å². The number of nitrogens with one attached hydrogen (secondary N) is 1. The van der Waals surface area contributed by atoms with E-state index in [-0.39, 0.29) is 6.04 Å². The summed E-state index contributed by atoms with van der Waals surface area (Å²) in [5.41, 5.74) is 1.21. The molecule has 0 saturated carbocycles. The molecular formula is C14H19N5. The van der Waals surface area contributed by atoms with E-state index in [0.29, 0.717) is 0 Å². The highest BCUT2D eigenvalue weighted by Crippen LogP contribution is 2.26. The lowest BCUT2D eigenvalue weighted by Gasteiger charge is -2.34. The highest BCUT2D eigenvalue weighted by Gasteiger charge is 2.26. The Morgan fingerprint density at radius 1 is 1.26 bits per heavy atom. The molecule has 1 N–H and O–H groups in total. The van der Waals surface area contributed by atoms with Crippen molar-refractivity contribution in [2.24, 2.45) is 7.05 Å². The minimum absolute atomic E-state index is 0.191. The van der Waals surface area contributed by atoms with E-state index < -0.39 is 0 Å². The van der Waals surface area contributed by atoms with E-state index in [9.17, 15) is 0 Å². The van der Waals surface area contributed by atoms with Crippen molar-refractivity contribution in [3.63, 3.8) is 0 Å². The van der Waals surface area contributed by atoms with Crippen molar-refractivity contribution < 1.29 is 0 Å². The van der Waals surface area contributed by atoms with Gasteiger partial charge in [-0.1, -0.05) is 6.07 Å². The van der Waals surface area contributed by atoms with Gasteiger partial charge in [-0.25, -0.2) is 4.98 Å². The van der Waals surface area contributed by atoms with Crippen LogP contribution in [0.15, 0.2) is 36.9 Å². The van der Waals surface area contributed by atoms with E-state index >= 15 is 0 Å². The van der Waals surface area contributed by atoms with Crippen LogP contribution in [0.3, 0.4) is 0 Å². The maximum absolute atomic E-state index is 4.54. The predicted molar refractivity (Wildman–Crippen MR) is 73.7 cm³/mol. The molecular weight excluding hydrogens is 238 g/mol. The summed E-state index contributed by atoms with van der Waals surface area (Å²) >= 11 is 0. The van der Waals surface area contributed by atoms with E-state index in [1.165, 1.54) is 5.56 Å². The largest absolute Gasteiger partial charge is 0.336 e. The summed E-state index contributed by atoms with van der Waals surface area (Å²) in [6.07, 6.45) is 7.62. The molecule has 1 fully saturated rings. The van der Waals surface area contributed by atoms with Crippen LogP contribution in [0.1, 0.15) is 17.4 Å². The Bertz CT molecular complexity index is 516. The molecule has 1 unspecified atom stereocenters. The highest BCUT2D eigenvalue weighted by atomic mass is 15.2. The topological polar surface area (TPSA) is 46.0 Å². The maximum Gasteiger partial charge on any atom is 0.130 e. The van der Waals surface area contributed by atoms with Gasteiger partial charge in [-0.2, -0.15) is 0 Å². The first-order valence-electron chi connectivity index (χ1n) is 6.68. The van der Waals surface area contributed by atoms with Crippen LogP contribution >= 0.6 is 0 Å². The molecule has 0 amide bonds. The SMILES string of the molecule is Cn1ccnc1C(c1cccnc1)N1CCNCC1. The molecule has 0 bridgehead atoms. The van der Waals surface area contributed by atoms with Crippen molar-refractivity contribution in [1.82, 2.24) is 24.8 Å². The van der Waals surface area contributed by atoms with E-state index in [1.54, 1.807) is 0 Å². The minimum atomic E-state index is 0.191. The Morgan fingerprint density at radius 2 is 2.11 bits per heavy atom. The quantitative estimate of drug-likeness (QED) is 0.884. The van der Waals surface area contributed by atoms with Crippen molar-refractivity contribution in [3.8, 4) is 0 Å². The third-order valence-corrected chi connectivity index (χ3v) is 3.62. The fraction of sp³-hybridized carbons (Fsp3) is 0.429. The Balaban J connectivity index is 1.98. The molecule has 100 valence electrons. The molecule has 1 aliphatic rings. The number of aromatic nitrogens is 3. The second kappa shape index (κ2) is 5.50. The van der Waals surface area contributed by atoms with Gasteiger partial charge in [0.15, 0.2) is 0 Å². The average molecular weight is 257 g/mol. The van der Waals surface area contributed by atoms with Crippen molar-refractivity contribution >= 4 is 0 Å². The molecule has 5 nitrogen and oxygen atoms in total. The van der Waals surface area contributed by atoms with Crippen molar-refractivity contribution in [2.75, 3.05) is 26.2 Å². The summed E-state index contributed by atoms with van der Waals surface area (Å²) in [7, 11) is 2.05. The standard InChI is InChI=1S/C14H19N5/c1-18-8-7-17-14(18)13(12-3-2-4-16-11-12)19-9-5-15-6-10-19/h2-4,7-8,11,13,15H,5-6,9-10H2,1H3. The van der Waals surface area contributed by atoms with Gasteiger partial charge in [0.2, 0.25) is 0 Å². The number of imidazole rings is 1. The summed E-state index contributed by atoms with van der Waals surface area (Å²) in [4.78, 5) is 11.3. The number of aryl methyl sites for hydroxylation is 1. The number of hydrogen-bond acceptors (Lipinski definition) is 4. The molecule has 3 heterocycles. The van der Waals surface area contributed by atoms with Crippen LogP contribution in [0.5, 0.6) is 0 Å². The van der Waals surface area contributed by atoms with Crippen LogP contribution in [0.4, 0.5) is 0 Å². The van der Waals surface area contributed by atoms with Gasteiger partial charge in [-0.15, -0.1) is 0 Å². The second-order valence-electron chi connectivity index (χ2n) is 4.87. The Kier molecular flexibility index (Phi) is 3.57. The van der Waals surface area contributed by atoms with Gasteiger partial charge in [0.1, 0.15) is 5.82 Å². The Labute approximate surface area is 113 Å². The van der Waals surface area contributed by atoms with Gasteiger partial charge < -0.3 is 9.88 Å². The van der Waals surface area contributed by atoms with Gasteiger partial charge in [0.05, 0.1) is 6.04 Å². The van der Waals surface area contributed by atoms with E-state index in [2.05, 4.69) is 30.8 Å². The van der Waals surface area contributed by atoms with Crippen molar-refractivity contribution in [1.29, 1.82) is 0 Å². The molecule has 2 aromatic heterocycles. The highest BCUT2D eigenvalue weighted by molar-refractivity contribution is 5.22. The lowest BCUT2D eigenvalue weighted by Crippen LogP contribution is -2.46. The van der Waals surface area contributed by atoms with Crippen LogP contribution in [0, 0.1) is 0 Å². The van der Waals surface area contributed by atoms with Gasteiger partial charge in [0, 0.05) is 58.0 Å². The Morgan fingerprint density at radius 3 is 2.74 bits per heavy atom. The number of pyridine rings is 1. The zero-order chi connectivity index (χ0) is 13.1. The maximum atomic E-state index is 4.54. The van der Waals surface area contributed by atoms with E-state index in [0.717, 1.165) is 32.0 Å². The van der Waals surface area contributed by atoms with Gasteiger partial charge >= 0.3 is 0 Å². The number of nitrogens with zero attached hydrogens (tertiary/aromatic N) is 4. The van der Waals surface area contributed by atoms with E-state index in [1.807, 2.05) is 37.9 Å². The summed E-state index contributed by atoms with van der Waals surface area (Å²) in [6, 6.07) is 4.32. The smallest absolute Gasteiger partial charge is 0.130 e. The molecule has 1 saturated heterocycles. The summed E-state index contributed by atoms with van der Waals surface area (Å²) < 4.78 is 2.10. The van der Waals surface area contributed by atoms with Gasteiger partial charge in [-0.05, 0) is 11.6 Å². The fourth-order valence-corrected chi connectivity index (χ4v) is 2.64. The number of rotatable bonds is 3. The van der Waals surface area contributed by atoms with Crippen LogP contribution in [0.25, 0.3) is 0 Å². The summed E-state index contributed by atoms with van der Waals surface area (Å²) in [5, 5.41) is 3.40. The minimum Gasteiger partial charge on any atom is -0.336 e. The molecule has 1 aliphatic heterocycles. The van der Waals surface area contributed by atoms with Crippen molar-refractivity contribution in [3.05, 3.63) is 48.3 Å². The summed E-state index contributed by atoms with van der Waals surface area (Å²) in [6.45, 7) is 4.13. The van der Waals surface area contributed by atoms with Crippen molar-refractivity contribution in [2.45, 2.75) is 6.04 Å². The second-order valence-corrected chi connectivity index (χ2v) is 4.87. The predicted octanol–water partition coefficient (Wildman–Crippen LogP) is 0.810. The lowest BCUT2D eigenvalue weighted by molar-refractivity contribution is 0.190. The first kappa shape index (κ1) is 12.3. The number of hydrogen-bond donors (Lipinski definition) is 1. The number of piperazine rings is 1. The molecule has 0 aromatic carbocycles. The van der Waals surface area contributed by atoms with Gasteiger partial charge in [0.25, 0.3) is 0 Å². The molecule has 0 radical (unpaired) electrons. The Hall–Kier alpha value is -1.72. The fourth-order valence-electron chi connectivity index (χ4n) is 2.64.